The minimum absolute atomic E-state index is 0. The maximum absolute atomic E-state index is 9.28. The van der Waals surface area contributed by atoms with Crippen molar-refractivity contribution in [2.75, 3.05) is 0 Å². The Balaban J connectivity index is 0.000000810. The van der Waals surface area contributed by atoms with Crippen LogP contribution in [0.4, 0.5) is 0 Å². The van der Waals surface area contributed by atoms with Gasteiger partial charge in [-0.2, -0.15) is 0 Å². The summed E-state index contributed by atoms with van der Waals surface area (Å²) in [6, 6.07) is 16.0. The minimum Gasteiger partial charge on any atom is -0.764 e. The van der Waals surface area contributed by atoms with Crippen molar-refractivity contribution in [2.45, 2.75) is 0 Å². The molecule has 0 radical (unpaired) electrons. The number of rotatable bonds is 0. The van der Waals surface area contributed by atoms with Gasteiger partial charge >= 0.3 is 138 Å². The van der Waals surface area contributed by atoms with Crippen molar-refractivity contribution in [1.29, 1.82) is 0 Å². The molecule has 0 N–H and O–H groups in total. The van der Waals surface area contributed by atoms with Crippen LogP contribution in [0.3, 0.4) is 0 Å². The molecule has 2 aromatic carbocycles. The van der Waals surface area contributed by atoms with Crippen LogP contribution in [-0.4, -0.2) is 5.87 Å². The van der Waals surface area contributed by atoms with Crippen molar-refractivity contribution in [3.8, 4) is 0 Å². The second kappa shape index (κ2) is 8.34. The van der Waals surface area contributed by atoms with Gasteiger partial charge in [-0.3, -0.25) is 5.87 Å². The maximum Gasteiger partial charge on any atom is 1.00 e. The molecule has 3 rings (SSSR count). The molecule has 0 unspecified atom stereocenters. The summed E-state index contributed by atoms with van der Waals surface area (Å²) in [4.78, 5) is 0. The fraction of sp³-hybridized carbons (Fsp3) is 0. The van der Waals surface area contributed by atoms with E-state index in [1.807, 2.05) is 48.5 Å². The molecule has 0 fully saturated rings. The van der Waals surface area contributed by atoms with Gasteiger partial charge in [-0.1, -0.05) is 53.1 Å². The van der Waals surface area contributed by atoms with Crippen LogP contribution in [0.5, 0.6) is 0 Å². The van der Waals surface area contributed by atoms with Crippen molar-refractivity contribution in [3.63, 3.8) is 0 Å². The van der Waals surface area contributed by atoms with Crippen molar-refractivity contribution in [2.24, 2.45) is 0 Å². The normalized spacial score (nSPS) is 10.8. The second-order valence-electron chi connectivity index (χ2n) is 3.81. The standard InChI is InChI=1S/C15H9N.2Cs/c16-10-15-13-7-3-1-5-11(13)9-12-6-2-4-8-14(12)15;;/h1-9H;;/q-2;2*+1. The van der Waals surface area contributed by atoms with Crippen molar-refractivity contribution in [1.82, 2.24) is 0 Å². The number of fused-ring (bicyclic) bond motifs is 2. The Morgan fingerprint density at radius 1 is 0.778 bits per heavy atom. The third-order valence-corrected chi connectivity index (χ3v) is 2.88. The third kappa shape index (κ3) is 3.54. The molecule has 2 aromatic rings. The van der Waals surface area contributed by atoms with E-state index in [1.165, 1.54) is 0 Å². The van der Waals surface area contributed by atoms with Gasteiger partial charge in [0.2, 0.25) is 0 Å². The predicted octanol–water partition coefficient (Wildman–Crippen LogP) is -2.72. The maximum atomic E-state index is 9.28. The minimum atomic E-state index is 0. The van der Waals surface area contributed by atoms with E-state index in [9.17, 15) is 5.41 Å². The quantitative estimate of drug-likeness (QED) is 0.253. The van der Waals surface area contributed by atoms with Crippen molar-refractivity contribution in [3.05, 3.63) is 82.6 Å². The molecule has 0 heterocycles. The average Bonchev–Trinajstić information content (AvgIpc) is 2.36. The Morgan fingerprint density at radius 3 is 1.67 bits per heavy atom. The molecule has 0 bridgehead atoms. The predicted molar refractivity (Wildman–Crippen MR) is 66.3 cm³/mol. The largest absolute Gasteiger partial charge is 1.00 e. The Bertz CT molecular complexity index is 566. The Morgan fingerprint density at radius 2 is 1.22 bits per heavy atom. The number of hydrogen-bond donors (Lipinski definition) is 0. The number of hydrogen-bond acceptors (Lipinski definition) is 0. The van der Waals surface area contributed by atoms with Crippen LogP contribution in [-0.2, 0) is 0 Å². The van der Waals surface area contributed by atoms with Crippen LogP contribution >= 0.6 is 0 Å². The smallest absolute Gasteiger partial charge is 0.764 e. The number of nitrogens with zero attached hydrogens (tertiary/aromatic N) is 1. The summed E-state index contributed by atoms with van der Waals surface area (Å²) in [6.07, 6.45) is 2.13. The van der Waals surface area contributed by atoms with E-state index >= 15 is 0 Å². The molecular weight excluding hydrogens is 460 g/mol. The van der Waals surface area contributed by atoms with Crippen molar-refractivity contribution >= 4 is 11.4 Å². The van der Waals surface area contributed by atoms with E-state index in [2.05, 4.69) is 12.3 Å². The molecule has 0 aliphatic heterocycles. The average molecular weight is 469 g/mol. The molecule has 1 aliphatic rings. The zero-order valence-electron chi connectivity index (χ0n) is 10.6. The third-order valence-electron chi connectivity index (χ3n) is 2.88. The van der Waals surface area contributed by atoms with Crippen LogP contribution in [0.2, 0.25) is 0 Å². The van der Waals surface area contributed by atoms with Gasteiger partial charge in [-0.15, -0.1) is 29.7 Å². The first-order valence-electron chi connectivity index (χ1n) is 5.21. The second-order valence-corrected chi connectivity index (χ2v) is 3.81. The Kier molecular flexibility index (Phi) is 8.30. The summed E-state index contributed by atoms with van der Waals surface area (Å²) in [7, 11) is 0. The van der Waals surface area contributed by atoms with Gasteiger partial charge in [0.25, 0.3) is 0 Å². The first-order valence-corrected chi connectivity index (χ1v) is 5.21. The summed E-state index contributed by atoms with van der Waals surface area (Å²) >= 11 is 0. The molecule has 0 spiro atoms. The molecule has 3 heteroatoms. The van der Waals surface area contributed by atoms with Crippen LogP contribution in [0.1, 0.15) is 22.3 Å². The molecule has 1 aliphatic carbocycles. The van der Waals surface area contributed by atoms with E-state index in [0.717, 1.165) is 27.8 Å². The first kappa shape index (κ1) is 17.9. The molecule has 1 nitrogen and oxygen atoms in total. The molecule has 0 amide bonds. The molecule has 0 saturated carbocycles. The van der Waals surface area contributed by atoms with Gasteiger partial charge in [-0.25, -0.2) is 0 Å². The fourth-order valence-electron chi connectivity index (χ4n) is 2.13. The summed E-state index contributed by atoms with van der Waals surface area (Å²) in [5, 5.41) is 9.28. The topological polar surface area (TPSA) is 22.3 Å². The van der Waals surface area contributed by atoms with Crippen LogP contribution in [0.25, 0.3) is 11.0 Å². The van der Waals surface area contributed by atoms with Crippen molar-refractivity contribution < 1.29 is 138 Å². The Hall–Kier alpha value is 1.86. The van der Waals surface area contributed by atoms with E-state index in [-0.39, 0.29) is 138 Å². The SMILES string of the molecule is [Cs+].[Cs+].[N-]=C=C1c2ccccc2[CH-]c2ccccc21. The molecular formula is C15H9Cs2N. The van der Waals surface area contributed by atoms with Gasteiger partial charge in [0.1, 0.15) is 0 Å². The number of benzene rings is 2. The molecule has 0 saturated heterocycles. The summed E-state index contributed by atoms with van der Waals surface area (Å²) in [5.74, 6) is 2.31. The zero-order valence-corrected chi connectivity index (χ0v) is 23.2. The summed E-state index contributed by atoms with van der Waals surface area (Å²) in [6.45, 7) is 0. The Labute approximate surface area is 225 Å². The van der Waals surface area contributed by atoms with Gasteiger partial charge in [0.05, 0.1) is 0 Å². The van der Waals surface area contributed by atoms with Gasteiger partial charge in [-0.05, 0) is 0 Å². The van der Waals surface area contributed by atoms with Gasteiger partial charge in [0, 0.05) is 0 Å². The first-order chi connectivity index (χ1) is 7.90. The van der Waals surface area contributed by atoms with E-state index in [4.69, 9.17) is 0 Å². The molecule has 18 heavy (non-hydrogen) atoms. The zero-order chi connectivity index (χ0) is 11.0. The van der Waals surface area contributed by atoms with E-state index in [0.29, 0.717) is 0 Å². The summed E-state index contributed by atoms with van der Waals surface area (Å²) < 4.78 is 0. The van der Waals surface area contributed by atoms with E-state index < -0.39 is 0 Å². The van der Waals surface area contributed by atoms with E-state index in [1.54, 1.807) is 0 Å². The molecule has 0 atom stereocenters. The van der Waals surface area contributed by atoms with Gasteiger partial charge in [0.15, 0.2) is 0 Å². The van der Waals surface area contributed by atoms with Crippen LogP contribution in [0, 0.1) is 6.42 Å². The van der Waals surface area contributed by atoms with Crippen LogP contribution < -0.4 is 138 Å². The molecule has 0 aromatic heterocycles. The van der Waals surface area contributed by atoms with Crippen LogP contribution in [0.15, 0.2) is 48.5 Å². The fourth-order valence-corrected chi connectivity index (χ4v) is 2.13. The summed E-state index contributed by atoms with van der Waals surface area (Å²) in [5.41, 5.74) is 5.08. The molecule has 76 valence electrons. The monoisotopic (exact) mass is 469 g/mol. The van der Waals surface area contributed by atoms with Gasteiger partial charge < -0.3 is 5.41 Å².